The van der Waals surface area contributed by atoms with Gasteiger partial charge in [0.2, 0.25) is 0 Å². The van der Waals surface area contributed by atoms with Crippen molar-refractivity contribution in [3.8, 4) is 0 Å². The molecule has 66 valence electrons. The summed E-state index contributed by atoms with van der Waals surface area (Å²) < 4.78 is 21.9. The van der Waals surface area contributed by atoms with Crippen LogP contribution in [0.1, 0.15) is 0 Å². The van der Waals surface area contributed by atoms with E-state index in [1.807, 2.05) is 0 Å². The quantitative estimate of drug-likeness (QED) is 0.698. The Morgan fingerprint density at radius 2 is 1.75 bits per heavy atom. The molecular formula is C7H9NO3S. The van der Waals surface area contributed by atoms with E-state index >= 15 is 0 Å². The summed E-state index contributed by atoms with van der Waals surface area (Å²) in [6, 6.07) is 8.02. The zero-order valence-electron chi connectivity index (χ0n) is 6.51. The minimum atomic E-state index is -3.57. The second-order valence-corrected chi connectivity index (χ2v) is 4.15. The van der Waals surface area contributed by atoms with Gasteiger partial charge in [-0.2, -0.15) is 0 Å². The van der Waals surface area contributed by atoms with E-state index in [0.717, 1.165) is 6.26 Å². The van der Waals surface area contributed by atoms with E-state index in [2.05, 4.69) is 0 Å². The summed E-state index contributed by atoms with van der Waals surface area (Å²) in [6.07, 6.45) is 0.931. The monoisotopic (exact) mass is 187 g/mol. The first-order valence-corrected chi connectivity index (χ1v) is 5.11. The van der Waals surface area contributed by atoms with Crippen LogP contribution in [0, 0.1) is 0 Å². The number of hydrogen-bond donors (Lipinski definition) is 1. The Labute approximate surface area is 71.1 Å². The van der Waals surface area contributed by atoms with Crippen LogP contribution >= 0.6 is 0 Å². The number of rotatable bonds is 2. The first-order chi connectivity index (χ1) is 5.52. The van der Waals surface area contributed by atoms with Gasteiger partial charge in [0.1, 0.15) is 0 Å². The Balaban J connectivity index is 3.02. The standard InChI is InChI=1S/C7H9NO3S/c1-12(10,11)8(9)7-5-3-2-4-6-7/h2-6,9H,1H3. The van der Waals surface area contributed by atoms with Crippen LogP contribution in [0.15, 0.2) is 30.3 Å². The summed E-state index contributed by atoms with van der Waals surface area (Å²) in [5.41, 5.74) is 0.236. The van der Waals surface area contributed by atoms with Crippen molar-refractivity contribution in [2.45, 2.75) is 0 Å². The molecule has 0 aliphatic heterocycles. The van der Waals surface area contributed by atoms with Crippen molar-refractivity contribution < 1.29 is 13.6 Å². The summed E-state index contributed by atoms with van der Waals surface area (Å²) >= 11 is 0. The fourth-order valence-corrected chi connectivity index (χ4v) is 1.25. The molecule has 0 saturated carbocycles. The molecule has 0 heterocycles. The lowest BCUT2D eigenvalue weighted by atomic mass is 10.3. The van der Waals surface area contributed by atoms with Gasteiger partial charge in [-0.05, 0) is 12.1 Å². The van der Waals surface area contributed by atoms with E-state index in [1.54, 1.807) is 18.2 Å². The van der Waals surface area contributed by atoms with Gasteiger partial charge in [-0.15, -0.1) is 4.47 Å². The molecule has 0 unspecified atom stereocenters. The predicted molar refractivity (Wildman–Crippen MR) is 45.6 cm³/mol. The Kier molecular flexibility index (Phi) is 2.35. The highest BCUT2D eigenvalue weighted by Gasteiger charge is 2.12. The van der Waals surface area contributed by atoms with E-state index in [-0.39, 0.29) is 10.2 Å². The van der Waals surface area contributed by atoms with Gasteiger partial charge in [0.05, 0.1) is 11.9 Å². The number of sulfonamides is 1. The topological polar surface area (TPSA) is 57.6 Å². The minimum absolute atomic E-state index is 0.236. The highest BCUT2D eigenvalue weighted by molar-refractivity contribution is 7.91. The third-order valence-electron chi connectivity index (χ3n) is 1.29. The van der Waals surface area contributed by atoms with Crippen LogP contribution < -0.4 is 4.47 Å². The molecule has 12 heavy (non-hydrogen) atoms. The maximum absolute atomic E-state index is 10.8. The molecule has 0 bridgehead atoms. The summed E-state index contributed by atoms with van der Waals surface area (Å²) in [5, 5.41) is 9.10. The number of hydrogen-bond acceptors (Lipinski definition) is 3. The van der Waals surface area contributed by atoms with Crippen LogP contribution in [0.3, 0.4) is 0 Å². The minimum Gasteiger partial charge on any atom is -0.274 e. The lowest BCUT2D eigenvalue weighted by molar-refractivity contribution is 0.317. The number of nitrogens with zero attached hydrogens (tertiary/aromatic N) is 1. The molecular weight excluding hydrogens is 178 g/mol. The number of para-hydroxylation sites is 1. The maximum Gasteiger partial charge on any atom is 0.254 e. The van der Waals surface area contributed by atoms with Gasteiger partial charge in [0, 0.05) is 0 Å². The third kappa shape index (κ3) is 1.96. The fourth-order valence-electron chi connectivity index (χ4n) is 0.747. The summed E-state index contributed by atoms with van der Waals surface area (Å²) in [6.45, 7) is 0. The molecule has 0 aliphatic carbocycles. The molecule has 0 aliphatic rings. The van der Waals surface area contributed by atoms with Crippen molar-refractivity contribution in [1.29, 1.82) is 0 Å². The van der Waals surface area contributed by atoms with Crippen LogP contribution in [-0.2, 0) is 10.0 Å². The molecule has 1 N–H and O–H groups in total. The molecule has 1 aromatic carbocycles. The van der Waals surface area contributed by atoms with Crippen LogP contribution in [0.5, 0.6) is 0 Å². The van der Waals surface area contributed by atoms with Gasteiger partial charge >= 0.3 is 0 Å². The average molecular weight is 187 g/mol. The molecule has 0 radical (unpaired) electrons. The van der Waals surface area contributed by atoms with Crippen LogP contribution in [0.4, 0.5) is 5.69 Å². The van der Waals surface area contributed by atoms with Gasteiger partial charge in [-0.25, -0.2) is 8.42 Å². The first-order valence-electron chi connectivity index (χ1n) is 3.26. The molecule has 0 spiro atoms. The van der Waals surface area contributed by atoms with Gasteiger partial charge in [-0.3, -0.25) is 5.21 Å². The molecule has 1 aromatic rings. The smallest absolute Gasteiger partial charge is 0.254 e. The van der Waals surface area contributed by atoms with Crippen LogP contribution in [0.2, 0.25) is 0 Å². The first kappa shape index (κ1) is 9.02. The maximum atomic E-state index is 10.8. The Hall–Kier alpha value is -1.07. The number of benzene rings is 1. The predicted octanol–water partition coefficient (Wildman–Crippen LogP) is 0.842. The molecule has 0 atom stereocenters. The van der Waals surface area contributed by atoms with Crippen molar-refractivity contribution in [3.05, 3.63) is 30.3 Å². The molecule has 0 fully saturated rings. The zero-order valence-corrected chi connectivity index (χ0v) is 7.32. The average Bonchev–Trinajstić information content (AvgIpc) is 2.03. The Bertz CT molecular complexity index is 346. The molecule has 0 aromatic heterocycles. The highest BCUT2D eigenvalue weighted by Crippen LogP contribution is 2.12. The number of anilines is 1. The van der Waals surface area contributed by atoms with E-state index in [9.17, 15) is 8.42 Å². The zero-order chi connectivity index (χ0) is 9.19. The summed E-state index contributed by atoms with van der Waals surface area (Å²) in [7, 11) is -3.57. The SMILES string of the molecule is CS(=O)(=O)N(O)c1ccccc1. The molecule has 0 amide bonds. The third-order valence-corrected chi connectivity index (χ3v) is 2.13. The van der Waals surface area contributed by atoms with Gasteiger partial charge < -0.3 is 0 Å². The van der Waals surface area contributed by atoms with Crippen molar-refractivity contribution >= 4 is 15.7 Å². The molecule has 0 saturated heterocycles. The summed E-state index contributed by atoms with van der Waals surface area (Å²) in [4.78, 5) is 0. The van der Waals surface area contributed by atoms with E-state index < -0.39 is 10.0 Å². The second kappa shape index (κ2) is 3.12. The van der Waals surface area contributed by atoms with Gasteiger partial charge in [0.25, 0.3) is 10.0 Å². The van der Waals surface area contributed by atoms with Crippen molar-refractivity contribution in [2.75, 3.05) is 10.7 Å². The lowest BCUT2D eigenvalue weighted by Gasteiger charge is -2.12. The molecule has 5 heteroatoms. The highest BCUT2D eigenvalue weighted by atomic mass is 32.2. The van der Waals surface area contributed by atoms with E-state index in [4.69, 9.17) is 5.21 Å². The van der Waals surface area contributed by atoms with Gasteiger partial charge in [0.15, 0.2) is 0 Å². The van der Waals surface area contributed by atoms with Crippen molar-refractivity contribution in [2.24, 2.45) is 0 Å². The largest absolute Gasteiger partial charge is 0.274 e. The van der Waals surface area contributed by atoms with Gasteiger partial charge in [-0.1, -0.05) is 18.2 Å². The lowest BCUT2D eigenvalue weighted by Crippen LogP contribution is -2.25. The van der Waals surface area contributed by atoms with E-state index in [0.29, 0.717) is 0 Å². The van der Waals surface area contributed by atoms with Crippen LogP contribution in [0.25, 0.3) is 0 Å². The van der Waals surface area contributed by atoms with Crippen LogP contribution in [-0.4, -0.2) is 19.9 Å². The molecule has 1 rings (SSSR count). The van der Waals surface area contributed by atoms with E-state index in [1.165, 1.54) is 12.1 Å². The van der Waals surface area contributed by atoms with Crippen molar-refractivity contribution in [3.63, 3.8) is 0 Å². The fraction of sp³-hybridized carbons (Fsp3) is 0.143. The Morgan fingerprint density at radius 3 is 2.17 bits per heavy atom. The summed E-state index contributed by atoms with van der Waals surface area (Å²) in [5.74, 6) is 0. The molecule has 4 nitrogen and oxygen atoms in total. The Morgan fingerprint density at radius 1 is 1.25 bits per heavy atom. The van der Waals surface area contributed by atoms with Crippen molar-refractivity contribution in [1.82, 2.24) is 0 Å². The second-order valence-electron chi connectivity index (χ2n) is 2.34. The normalized spacial score (nSPS) is 11.2.